The van der Waals surface area contributed by atoms with Gasteiger partial charge in [-0.1, -0.05) is 19.8 Å². The highest BCUT2D eigenvalue weighted by Gasteiger charge is 2.31. The fraction of sp³-hybridized carbons (Fsp3) is 0.421. The molecule has 1 aliphatic rings. The van der Waals surface area contributed by atoms with Crippen molar-refractivity contribution in [2.45, 2.75) is 45.1 Å². The fourth-order valence-electron chi connectivity index (χ4n) is 3.41. The molecule has 2 aromatic rings. The van der Waals surface area contributed by atoms with Gasteiger partial charge in [0.1, 0.15) is 11.5 Å². The topological polar surface area (TPSA) is 103 Å². The van der Waals surface area contributed by atoms with Crippen LogP contribution in [0.5, 0.6) is 0 Å². The van der Waals surface area contributed by atoms with Gasteiger partial charge in [-0.15, -0.1) is 0 Å². The fourth-order valence-corrected chi connectivity index (χ4v) is 3.41. The Morgan fingerprint density at radius 3 is 2.81 bits per heavy atom. The van der Waals surface area contributed by atoms with Crippen molar-refractivity contribution in [2.24, 2.45) is 0 Å². The lowest BCUT2D eigenvalue weighted by Gasteiger charge is -2.29. The Bertz CT molecular complexity index is 815. The smallest absolute Gasteiger partial charge is 0.270 e. The quantitative estimate of drug-likeness (QED) is 0.504. The number of carbonyl (C=O) groups excluding carboxylic acids is 1. The monoisotopic (exact) mass is 357 g/mol. The first-order valence-corrected chi connectivity index (χ1v) is 8.94. The zero-order valence-corrected chi connectivity index (χ0v) is 14.8. The number of likely N-dealkylation sites (tertiary alicyclic amines) is 1. The molecule has 0 spiro atoms. The largest absolute Gasteiger partial charge is 0.464 e. The molecule has 1 amide bonds. The minimum Gasteiger partial charge on any atom is -0.464 e. The third-order valence-corrected chi connectivity index (χ3v) is 4.85. The average molecular weight is 357 g/mol. The molecule has 1 unspecified atom stereocenters. The number of anilines is 1. The summed E-state index contributed by atoms with van der Waals surface area (Å²) in [5.41, 5.74) is 6.24. The van der Waals surface area contributed by atoms with E-state index in [1.807, 2.05) is 19.1 Å². The Balaban J connectivity index is 1.96. The van der Waals surface area contributed by atoms with Crippen LogP contribution < -0.4 is 5.73 Å². The maximum atomic E-state index is 13.2. The van der Waals surface area contributed by atoms with Gasteiger partial charge >= 0.3 is 0 Å². The summed E-state index contributed by atoms with van der Waals surface area (Å²) in [4.78, 5) is 25.5. The summed E-state index contributed by atoms with van der Waals surface area (Å²) in [6.45, 7) is 2.59. The normalized spacial score (nSPS) is 17.7. The van der Waals surface area contributed by atoms with E-state index in [0.717, 1.165) is 43.6 Å². The highest BCUT2D eigenvalue weighted by Crippen LogP contribution is 2.34. The number of aryl methyl sites for hydroxylation is 1. The molecule has 138 valence electrons. The number of carbonyl (C=O) groups is 1. The molecule has 0 bridgehead atoms. The van der Waals surface area contributed by atoms with Crippen LogP contribution in [-0.2, 0) is 6.42 Å². The van der Waals surface area contributed by atoms with E-state index in [0.29, 0.717) is 6.54 Å². The van der Waals surface area contributed by atoms with Crippen molar-refractivity contribution in [3.63, 3.8) is 0 Å². The molecule has 1 aliphatic heterocycles. The van der Waals surface area contributed by atoms with E-state index in [2.05, 4.69) is 0 Å². The Kier molecular flexibility index (Phi) is 5.25. The summed E-state index contributed by atoms with van der Waals surface area (Å²) in [5, 5.41) is 11.1. The number of rotatable bonds is 4. The number of hydrogen-bond donors (Lipinski definition) is 1. The molecule has 1 saturated heterocycles. The molecule has 0 aliphatic carbocycles. The lowest BCUT2D eigenvalue weighted by atomic mass is 10.1. The number of benzene rings is 1. The number of nitrogens with two attached hydrogens (primary N) is 1. The van der Waals surface area contributed by atoms with Crippen LogP contribution in [0.2, 0.25) is 0 Å². The molecule has 2 heterocycles. The van der Waals surface area contributed by atoms with E-state index in [4.69, 9.17) is 10.2 Å². The van der Waals surface area contributed by atoms with E-state index < -0.39 is 4.92 Å². The van der Waals surface area contributed by atoms with Crippen LogP contribution in [0, 0.1) is 10.1 Å². The first kappa shape index (κ1) is 18.0. The van der Waals surface area contributed by atoms with Gasteiger partial charge in [-0.2, -0.15) is 0 Å². The second kappa shape index (κ2) is 7.59. The van der Waals surface area contributed by atoms with Gasteiger partial charge in [0.2, 0.25) is 0 Å². The van der Waals surface area contributed by atoms with E-state index in [9.17, 15) is 14.9 Å². The Hall–Kier alpha value is -2.83. The van der Waals surface area contributed by atoms with Crippen molar-refractivity contribution >= 4 is 17.3 Å². The summed E-state index contributed by atoms with van der Waals surface area (Å²) in [6.07, 6.45) is 4.52. The minimum atomic E-state index is -0.518. The molecule has 7 nitrogen and oxygen atoms in total. The molecule has 1 aromatic carbocycles. The summed E-state index contributed by atoms with van der Waals surface area (Å²) in [5.74, 6) is 1.36. The molecular formula is C19H23N3O4. The Morgan fingerprint density at radius 1 is 1.31 bits per heavy atom. The van der Waals surface area contributed by atoms with E-state index in [-0.39, 0.29) is 28.9 Å². The lowest BCUT2D eigenvalue weighted by molar-refractivity contribution is -0.384. The number of non-ortho nitro benzene ring substituents is 1. The van der Waals surface area contributed by atoms with Crippen molar-refractivity contribution in [1.82, 2.24) is 4.90 Å². The van der Waals surface area contributed by atoms with Crippen LogP contribution in [0.3, 0.4) is 0 Å². The van der Waals surface area contributed by atoms with Crippen molar-refractivity contribution in [3.05, 3.63) is 57.5 Å². The number of nitro benzene ring substituents is 1. The van der Waals surface area contributed by atoms with E-state index >= 15 is 0 Å². The number of furan rings is 1. The minimum absolute atomic E-state index is 0.139. The second-order valence-corrected chi connectivity index (χ2v) is 6.55. The maximum absolute atomic E-state index is 13.2. The van der Waals surface area contributed by atoms with Crippen molar-refractivity contribution in [1.29, 1.82) is 0 Å². The van der Waals surface area contributed by atoms with Gasteiger partial charge in [0.25, 0.3) is 11.6 Å². The maximum Gasteiger partial charge on any atom is 0.270 e. The Labute approximate surface area is 151 Å². The van der Waals surface area contributed by atoms with Crippen LogP contribution in [0.15, 0.2) is 34.7 Å². The molecule has 1 fully saturated rings. The lowest BCUT2D eigenvalue weighted by Crippen LogP contribution is -2.35. The van der Waals surface area contributed by atoms with Crippen molar-refractivity contribution in [2.75, 3.05) is 12.3 Å². The van der Waals surface area contributed by atoms with Gasteiger partial charge in [0.15, 0.2) is 0 Å². The highest BCUT2D eigenvalue weighted by molar-refractivity contribution is 6.00. The van der Waals surface area contributed by atoms with Gasteiger partial charge in [0, 0.05) is 30.8 Å². The third-order valence-electron chi connectivity index (χ3n) is 4.85. The summed E-state index contributed by atoms with van der Waals surface area (Å²) in [6, 6.07) is 7.67. The van der Waals surface area contributed by atoms with Crippen LogP contribution in [0.25, 0.3) is 0 Å². The number of hydrogen-bond acceptors (Lipinski definition) is 5. The van der Waals surface area contributed by atoms with Crippen LogP contribution in [0.4, 0.5) is 11.4 Å². The molecule has 1 atom stereocenters. The van der Waals surface area contributed by atoms with Crippen LogP contribution in [0.1, 0.15) is 60.5 Å². The molecular weight excluding hydrogens is 334 g/mol. The molecule has 0 radical (unpaired) electrons. The first-order valence-electron chi connectivity index (χ1n) is 8.94. The number of amides is 1. The molecule has 1 aromatic heterocycles. The second-order valence-electron chi connectivity index (χ2n) is 6.55. The van der Waals surface area contributed by atoms with Crippen LogP contribution in [-0.4, -0.2) is 22.3 Å². The van der Waals surface area contributed by atoms with Gasteiger partial charge in [-0.05, 0) is 31.0 Å². The average Bonchev–Trinajstić information content (AvgIpc) is 2.98. The number of nitrogens with zero attached hydrogens (tertiary/aromatic N) is 2. The standard InChI is InChI=1S/C19H23N3O4/c1-2-14-8-10-18(26-14)17-6-4-3-5-11-21(17)19(23)15-12-13(22(24)25)7-9-16(15)20/h7-10,12,17H,2-6,11,20H2,1H3. The zero-order chi connectivity index (χ0) is 18.7. The van der Waals surface area contributed by atoms with Crippen molar-refractivity contribution in [3.8, 4) is 0 Å². The number of nitrogen functional groups attached to an aromatic ring is 1. The predicted molar refractivity (Wildman–Crippen MR) is 97.8 cm³/mol. The highest BCUT2D eigenvalue weighted by atomic mass is 16.6. The molecule has 3 rings (SSSR count). The number of nitro groups is 1. The predicted octanol–water partition coefficient (Wildman–Crippen LogP) is 4.09. The molecule has 26 heavy (non-hydrogen) atoms. The van der Waals surface area contributed by atoms with Gasteiger partial charge < -0.3 is 15.1 Å². The first-order chi connectivity index (χ1) is 12.5. The third kappa shape index (κ3) is 3.56. The zero-order valence-electron chi connectivity index (χ0n) is 14.8. The van der Waals surface area contributed by atoms with Gasteiger partial charge in [-0.3, -0.25) is 14.9 Å². The van der Waals surface area contributed by atoms with E-state index in [1.165, 1.54) is 18.2 Å². The summed E-state index contributed by atoms with van der Waals surface area (Å²) < 4.78 is 5.90. The SMILES string of the molecule is CCc1ccc(C2CCCCCN2C(=O)c2cc([N+](=O)[O-])ccc2N)o1. The van der Waals surface area contributed by atoms with Crippen molar-refractivity contribution < 1.29 is 14.1 Å². The van der Waals surface area contributed by atoms with Gasteiger partial charge in [0.05, 0.1) is 16.5 Å². The van der Waals surface area contributed by atoms with Crippen LogP contribution >= 0.6 is 0 Å². The molecule has 0 saturated carbocycles. The summed E-state index contributed by atoms with van der Waals surface area (Å²) in [7, 11) is 0. The van der Waals surface area contributed by atoms with E-state index in [1.54, 1.807) is 4.90 Å². The Morgan fingerprint density at radius 2 is 2.12 bits per heavy atom. The van der Waals surface area contributed by atoms with Gasteiger partial charge in [-0.25, -0.2) is 0 Å². The molecule has 2 N–H and O–H groups in total. The summed E-state index contributed by atoms with van der Waals surface area (Å²) >= 11 is 0. The molecule has 7 heteroatoms.